The van der Waals surface area contributed by atoms with Crippen LogP contribution in [0, 0.1) is 0 Å². The maximum Gasteiger partial charge on any atom is 0.241 e. The molecule has 0 heterocycles. The minimum atomic E-state index is -3.63. The van der Waals surface area contributed by atoms with Crippen molar-refractivity contribution >= 4 is 33.2 Å². The zero-order valence-electron chi connectivity index (χ0n) is 15.1. The molecule has 0 spiro atoms. The van der Waals surface area contributed by atoms with Gasteiger partial charge in [-0.15, -0.1) is 0 Å². The molecule has 0 saturated heterocycles. The molecule has 5 nitrogen and oxygen atoms in total. The zero-order valence-corrected chi connectivity index (χ0v) is 16.6. The first-order valence-corrected chi connectivity index (χ1v) is 10.4. The molecule has 0 fully saturated rings. The molecule has 0 aromatic heterocycles. The molecule has 26 heavy (non-hydrogen) atoms. The topological polar surface area (TPSA) is 66.5 Å². The summed E-state index contributed by atoms with van der Waals surface area (Å²) < 4.78 is 25.3. The molecule has 7 heteroatoms. The van der Waals surface area contributed by atoms with Crippen LogP contribution in [0.25, 0.3) is 0 Å². The van der Waals surface area contributed by atoms with Crippen molar-refractivity contribution in [1.82, 2.24) is 5.32 Å². The van der Waals surface area contributed by atoms with Crippen LogP contribution >= 0.6 is 11.6 Å². The number of anilines is 1. The summed E-state index contributed by atoms with van der Waals surface area (Å²) in [5, 5.41) is 3.32. The summed E-state index contributed by atoms with van der Waals surface area (Å²) in [5.74, 6) is -0.378. The van der Waals surface area contributed by atoms with E-state index < -0.39 is 15.6 Å². The quantitative estimate of drug-likeness (QED) is 0.783. The first kappa shape index (κ1) is 20.3. The molecule has 0 atom stereocenters. The summed E-state index contributed by atoms with van der Waals surface area (Å²) in [6.45, 7) is 3.50. The summed E-state index contributed by atoms with van der Waals surface area (Å²) in [4.78, 5) is 12.5. The Morgan fingerprint density at radius 1 is 1.12 bits per heavy atom. The highest BCUT2D eigenvalue weighted by molar-refractivity contribution is 7.92. The van der Waals surface area contributed by atoms with Gasteiger partial charge in [-0.2, -0.15) is 0 Å². The second kappa shape index (κ2) is 8.10. The number of carbonyl (C=O) groups is 1. The molecule has 140 valence electrons. The third-order valence-corrected chi connectivity index (χ3v) is 5.13. The van der Waals surface area contributed by atoms with Crippen LogP contribution in [0.15, 0.2) is 54.6 Å². The smallest absolute Gasteiger partial charge is 0.241 e. The van der Waals surface area contributed by atoms with E-state index in [-0.39, 0.29) is 12.5 Å². The Morgan fingerprint density at radius 2 is 1.77 bits per heavy atom. The second-order valence-corrected chi connectivity index (χ2v) is 9.19. The van der Waals surface area contributed by atoms with Crippen LogP contribution in [0.1, 0.15) is 19.4 Å². The van der Waals surface area contributed by atoms with Crippen molar-refractivity contribution in [3.63, 3.8) is 0 Å². The first-order valence-electron chi connectivity index (χ1n) is 8.15. The minimum absolute atomic E-state index is 0.308. The molecule has 2 aromatic carbocycles. The molecule has 0 aliphatic rings. The van der Waals surface area contributed by atoms with E-state index in [1.807, 2.05) is 44.2 Å². The molecule has 2 rings (SSSR count). The Bertz CT molecular complexity index is 867. The van der Waals surface area contributed by atoms with Crippen LogP contribution < -0.4 is 9.62 Å². The molecule has 1 N–H and O–H groups in total. The fourth-order valence-electron chi connectivity index (χ4n) is 2.73. The second-order valence-electron chi connectivity index (χ2n) is 6.84. The van der Waals surface area contributed by atoms with Crippen LogP contribution in [0.2, 0.25) is 5.02 Å². The Hall–Kier alpha value is -2.05. The number of nitrogens with zero attached hydrogens (tertiary/aromatic N) is 1. The van der Waals surface area contributed by atoms with Crippen LogP contribution in [-0.4, -0.2) is 32.7 Å². The first-order chi connectivity index (χ1) is 12.1. The number of carbonyl (C=O) groups excluding carboxylic acids is 1. The standard InChI is InChI=1S/C19H23ClN2O3S/c1-19(2,13-15-8-5-4-6-9-15)21-18(23)14-22(26(3,24)25)17-11-7-10-16(20)12-17/h4-12H,13-14H2,1-3H3,(H,21,23). The van der Waals surface area contributed by atoms with Gasteiger partial charge in [0.25, 0.3) is 0 Å². The Morgan fingerprint density at radius 3 is 2.35 bits per heavy atom. The number of rotatable bonds is 7. The molecule has 0 unspecified atom stereocenters. The lowest BCUT2D eigenvalue weighted by Crippen LogP contribution is -2.50. The summed E-state index contributed by atoms with van der Waals surface area (Å²) in [6.07, 6.45) is 1.70. The van der Waals surface area contributed by atoms with Crippen molar-refractivity contribution < 1.29 is 13.2 Å². The van der Waals surface area contributed by atoms with E-state index in [0.717, 1.165) is 16.1 Å². The van der Waals surface area contributed by atoms with Crippen molar-refractivity contribution in [3.8, 4) is 0 Å². The summed E-state index contributed by atoms with van der Waals surface area (Å²) in [5.41, 5.74) is 0.930. The van der Waals surface area contributed by atoms with Gasteiger partial charge in [-0.1, -0.05) is 48.0 Å². The third-order valence-electron chi connectivity index (χ3n) is 3.75. The SMILES string of the molecule is CC(C)(Cc1ccccc1)NC(=O)CN(c1cccc(Cl)c1)S(C)(=O)=O. The van der Waals surface area contributed by atoms with Crippen molar-refractivity contribution in [1.29, 1.82) is 0 Å². The van der Waals surface area contributed by atoms with Crippen molar-refractivity contribution in [2.24, 2.45) is 0 Å². The van der Waals surface area contributed by atoms with Gasteiger partial charge in [0.2, 0.25) is 15.9 Å². The third kappa shape index (κ3) is 6.04. The van der Waals surface area contributed by atoms with Gasteiger partial charge in [-0.05, 0) is 44.0 Å². The molecular weight excluding hydrogens is 372 g/mol. The molecular formula is C19H23ClN2O3S. The van der Waals surface area contributed by atoms with Crippen LogP contribution in [0.5, 0.6) is 0 Å². The highest BCUT2D eigenvalue weighted by Crippen LogP contribution is 2.22. The van der Waals surface area contributed by atoms with Crippen LogP contribution in [-0.2, 0) is 21.2 Å². The Labute approximate surface area is 160 Å². The molecule has 0 radical (unpaired) electrons. The van der Waals surface area contributed by atoms with E-state index in [2.05, 4.69) is 5.32 Å². The summed E-state index contributed by atoms with van der Waals surface area (Å²) in [6, 6.07) is 16.2. The van der Waals surface area contributed by atoms with Crippen molar-refractivity contribution in [3.05, 3.63) is 65.2 Å². The lowest BCUT2D eigenvalue weighted by Gasteiger charge is -2.29. The molecule has 0 aliphatic heterocycles. The number of halogens is 1. The fraction of sp³-hybridized carbons (Fsp3) is 0.316. The Kier molecular flexibility index (Phi) is 6.31. The van der Waals surface area contributed by atoms with Gasteiger partial charge in [0, 0.05) is 10.6 Å². The molecule has 0 bridgehead atoms. The fourth-order valence-corrected chi connectivity index (χ4v) is 3.76. The van der Waals surface area contributed by atoms with E-state index in [4.69, 9.17) is 11.6 Å². The summed E-state index contributed by atoms with van der Waals surface area (Å²) in [7, 11) is -3.63. The average molecular weight is 395 g/mol. The van der Waals surface area contributed by atoms with Gasteiger partial charge in [-0.25, -0.2) is 8.42 Å². The maximum atomic E-state index is 12.5. The van der Waals surface area contributed by atoms with E-state index in [1.165, 1.54) is 6.07 Å². The van der Waals surface area contributed by atoms with Crippen LogP contribution in [0.4, 0.5) is 5.69 Å². The van der Waals surface area contributed by atoms with Gasteiger partial charge in [-0.3, -0.25) is 9.10 Å². The maximum absolute atomic E-state index is 12.5. The Balaban J connectivity index is 2.12. The molecule has 0 aliphatic carbocycles. The van der Waals surface area contributed by atoms with Gasteiger partial charge in [0.05, 0.1) is 11.9 Å². The number of sulfonamides is 1. The predicted octanol–water partition coefficient (Wildman–Crippen LogP) is 3.24. The van der Waals surface area contributed by atoms with E-state index in [1.54, 1.807) is 18.2 Å². The minimum Gasteiger partial charge on any atom is -0.349 e. The number of amides is 1. The van der Waals surface area contributed by atoms with Gasteiger partial charge in [0.1, 0.15) is 6.54 Å². The molecule has 0 saturated carbocycles. The van der Waals surface area contributed by atoms with E-state index in [9.17, 15) is 13.2 Å². The van der Waals surface area contributed by atoms with E-state index in [0.29, 0.717) is 17.1 Å². The van der Waals surface area contributed by atoms with Crippen LogP contribution in [0.3, 0.4) is 0 Å². The zero-order chi connectivity index (χ0) is 19.4. The normalized spacial score (nSPS) is 11.8. The van der Waals surface area contributed by atoms with E-state index >= 15 is 0 Å². The van der Waals surface area contributed by atoms with Gasteiger partial charge >= 0.3 is 0 Å². The van der Waals surface area contributed by atoms with Crippen molar-refractivity contribution in [2.75, 3.05) is 17.1 Å². The van der Waals surface area contributed by atoms with Gasteiger partial charge in [0.15, 0.2) is 0 Å². The highest BCUT2D eigenvalue weighted by Gasteiger charge is 2.25. The largest absolute Gasteiger partial charge is 0.349 e. The lowest BCUT2D eigenvalue weighted by atomic mass is 9.95. The average Bonchev–Trinajstić information content (AvgIpc) is 2.51. The number of benzene rings is 2. The number of hydrogen-bond acceptors (Lipinski definition) is 3. The van der Waals surface area contributed by atoms with Gasteiger partial charge < -0.3 is 5.32 Å². The van der Waals surface area contributed by atoms with Crippen molar-refractivity contribution in [2.45, 2.75) is 25.8 Å². The lowest BCUT2D eigenvalue weighted by molar-refractivity contribution is -0.121. The molecule has 2 aromatic rings. The predicted molar refractivity (Wildman–Crippen MR) is 106 cm³/mol. The highest BCUT2D eigenvalue weighted by atomic mass is 35.5. The number of hydrogen-bond donors (Lipinski definition) is 1. The number of nitrogens with one attached hydrogen (secondary N) is 1. The summed E-state index contributed by atoms with van der Waals surface area (Å²) >= 11 is 5.95. The monoisotopic (exact) mass is 394 g/mol. The molecule has 1 amide bonds.